The first-order valence-electron chi connectivity index (χ1n) is 3.10. The van der Waals surface area contributed by atoms with Gasteiger partial charge in [0.05, 0.1) is 5.70 Å². The molecule has 1 aliphatic heterocycles. The fourth-order valence-electron chi connectivity index (χ4n) is 0.819. The van der Waals surface area contributed by atoms with Crippen LogP contribution in [-0.4, -0.2) is 6.17 Å². The van der Waals surface area contributed by atoms with Gasteiger partial charge in [-0.2, -0.15) is 0 Å². The van der Waals surface area contributed by atoms with Crippen LogP contribution in [0, 0.1) is 0 Å². The number of nitrogens with two attached hydrogens (primary N) is 2. The molecule has 0 amide bonds. The summed E-state index contributed by atoms with van der Waals surface area (Å²) in [5.74, 6) is 5.19. The number of nitrogens with one attached hydrogen (secondary N) is 2. The molecule has 1 unspecified atom stereocenters. The molecule has 1 atom stereocenters. The summed E-state index contributed by atoms with van der Waals surface area (Å²) in [7, 11) is 0. The van der Waals surface area contributed by atoms with Crippen LogP contribution in [0.5, 0.6) is 0 Å². The summed E-state index contributed by atoms with van der Waals surface area (Å²) in [5, 5.41) is 2.94. The topological polar surface area (TPSA) is 76.1 Å². The Morgan fingerprint density at radius 2 is 2.40 bits per heavy atom. The summed E-state index contributed by atoms with van der Waals surface area (Å²) in [5.41, 5.74) is 10.0. The van der Waals surface area contributed by atoms with E-state index >= 15 is 0 Å². The third-order valence-corrected chi connectivity index (χ3v) is 1.38. The summed E-state index contributed by atoms with van der Waals surface area (Å²) < 4.78 is 0. The molecule has 56 valence electrons. The predicted molar refractivity (Wildman–Crippen MR) is 40.3 cm³/mol. The van der Waals surface area contributed by atoms with Crippen LogP contribution in [0.15, 0.2) is 23.5 Å². The fraction of sp³-hybridized carbons (Fsp3) is 0.333. The molecule has 0 radical (unpaired) electrons. The molecule has 0 bridgehead atoms. The molecule has 1 heterocycles. The highest BCUT2D eigenvalue weighted by atomic mass is 15.3. The molecule has 1 aliphatic rings. The Morgan fingerprint density at radius 3 is 2.90 bits per heavy atom. The van der Waals surface area contributed by atoms with Crippen molar-refractivity contribution in [1.82, 2.24) is 10.7 Å². The van der Waals surface area contributed by atoms with Crippen molar-refractivity contribution >= 4 is 0 Å². The van der Waals surface area contributed by atoms with Gasteiger partial charge in [0.2, 0.25) is 0 Å². The number of rotatable bonds is 1. The van der Waals surface area contributed by atoms with Crippen molar-refractivity contribution in [3.63, 3.8) is 0 Å². The zero-order valence-electron chi connectivity index (χ0n) is 5.89. The molecule has 0 aromatic carbocycles. The van der Waals surface area contributed by atoms with Crippen LogP contribution in [-0.2, 0) is 0 Å². The van der Waals surface area contributed by atoms with E-state index in [0.717, 1.165) is 11.3 Å². The number of allylic oxidation sites excluding steroid dienone is 2. The van der Waals surface area contributed by atoms with E-state index in [2.05, 4.69) is 10.7 Å². The average molecular weight is 140 g/mol. The van der Waals surface area contributed by atoms with Gasteiger partial charge in [-0.05, 0) is 18.6 Å². The molecule has 6 N–H and O–H groups in total. The van der Waals surface area contributed by atoms with E-state index in [-0.39, 0.29) is 6.17 Å². The highest BCUT2D eigenvalue weighted by molar-refractivity contribution is 5.27. The minimum Gasteiger partial charge on any atom is -0.371 e. The quantitative estimate of drug-likeness (QED) is 0.282. The van der Waals surface area contributed by atoms with Crippen molar-refractivity contribution in [2.24, 2.45) is 11.6 Å². The van der Waals surface area contributed by atoms with Crippen LogP contribution in [0.3, 0.4) is 0 Å². The molecule has 0 aliphatic carbocycles. The van der Waals surface area contributed by atoms with E-state index in [0.29, 0.717) is 0 Å². The third-order valence-electron chi connectivity index (χ3n) is 1.38. The van der Waals surface area contributed by atoms with Gasteiger partial charge < -0.3 is 16.5 Å². The summed E-state index contributed by atoms with van der Waals surface area (Å²) in [6, 6.07) is 0. The summed E-state index contributed by atoms with van der Waals surface area (Å²) in [4.78, 5) is 0. The first-order valence-corrected chi connectivity index (χ1v) is 3.10. The molecular weight excluding hydrogens is 128 g/mol. The van der Waals surface area contributed by atoms with Crippen molar-refractivity contribution in [2.45, 2.75) is 13.1 Å². The lowest BCUT2D eigenvalue weighted by molar-refractivity contribution is 0.622. The molecule has 4 heteroatoms. The highest BCUT2D eigenvalue weighted by Crippen LogP contribution is 2.04. The van der Waals surface area contributed by atoms with E-state index in [1.54, 1.807) is 0 Å². The van der Waals surface area contributed by atoms with Crippen LogP contribution < -0.4 is 22.3 Å². The van der Waals surface area contributed by atoms with Gasteiger partial charge in [-0.1, -0.05) is 0 Å². The van der Waals surface area contributed by atoms with Crippen LogP contribution >= 0.6 is 0 Å². The number of hydrogen-bond acceptors (Lipinski definition) is 4. The lowest BCUT2D eigenvalue weighted by atomic mass is 10.2. The van der Waals surface area contributed by atoms with Gasteiger partial charge in [0.15, 0.2) is 0 Å². The first kappa shape index (κ1) is 7.11. The van der Waals surface area contributed by atoms with Gasteiger partial charge in [-0.25, -0.2) is 0 Å². The normalized spacial score (nSPS) is 24.5. The van der Waals surface area contributed by atoms with Gasteiger partial charge in [0, 0.05) is 6.20 Å². The smallest absolute Gasteiger partial charge is 0.116 e. The van der Waals surface area contributed by atoms with Gasteiger partial charge >= 0.3 is 0 Å². The molecule has 0 spiro atoms. The lowest BCUT2D eigenvalue weighted by Gasteiger charge is -2.20. The van der Waals surface area contributed by atoms with Crippen molar-refractivity contribution < 1.29 is 0 Å². The van der Waals surface area contributed by atoms with E-state index < -0.39 is 0 Å². The van der Waals surface area contributed by atoms with E-state index in [1.807, 2.05) is 19.2 Å². The van der Waals surface area contributed by atoms with E-state index in [1.165, 1.54) is 0 Å². The molecule has 0 fully saturated rings. The molecule has 0 saturated carbocycles. The lowest BCUT2D eigenvalue weighted by Crippen LogP contribution is -2.44. The van der Waals surface area contributed by atoms with Crippen LogP contribution in [0.25, 0.3) is 0 Å². The van der Waals surface area contributed by atoms with E-state index in [9.17, 15) is 0 Å². The van der Waals surface area contributed by atoms with Gasteiger partial charge in [-0.15, -0.1) is 0 Å². The third kappa shape index (κ3) is 1.29. The zero-order valence-corrected chi connectivity index (χ0v) is 5.89. The molecular formula is C6H12N4. The fourth-order valence-corrected chi connectivity index (χ4v) is 0.819. The van der Waals surface area contributed by atoms with Gasteiger partial charge in [-0.3, -0.25) is 5.84 Å². The Balaban J connectivity index is 2.73. The highest BCUT2D eigenvalue weighted by Gasteiger charge is 2.08. The molecule has 4 nitrogen and oxygen atoms in total. The van der Waals surface area contributed by atoms with Crippen molar-refractivity contribution in [1.29, 1.82) is 0 Å². The van der Waals surface area contributed by atoms with Crippen LogP contribution in [0.4, 0.5) is 0 Å². The Labute approximate surface area is 59.9 Å². The minimum atomic E-state index is -0.200. The Morgan fingerprint density at radius 1 is 1.70 bits per heavy atom. The first-order chi connectivity index (χ1) is 4.74. The molecule has 0 aromatic heterocycles. The minimum absolute atomic E-state index is 0.200. The maximum Gasteiger partial charge on any atom is 0.116 e. The Kier molecular flexibility index (Phi) is 1.94. The summed E-state index contributed by atoms with van der Waals surface area (Å²) in [6.07, 6.45) is 3.56. The van der Waals surface area contributed by atoms with Gasteiger partial charge in [0.25, 0.3) is 0 Å². The maximum absolute atomic E-state index is 5.59. The van der Waals surface area contributed by atoms with Crippen molar-refractivity contribution in [3.05, 3.63) is 23.5 Å². The average Bonchev–Trinajstić information content (AvgIpc) is 1.94. The second-order valence-corrected chi connectivity index (χ2v) is 2.28. The Bertz CT molecular complexity index is 182. The summed E-state index contributed by atoms with van der Waals surface area (Å²) >= 11 is 0. The SMILES string of the molecule is CC1=CNC(N)C(NN)=C1. The molecule has 10 heavy (non-hydrogen) atoms. The molecule has 1 rings (SSSR count). The standard InChI is InChI=1S/C6H12N4/c1-4-2-5(10-8)6(7)9-3-4/h2-3,6,9-10H,7-8H2,1H3. The number of hydrazine groups is 1. The largest absolute Gasteiger partial charge is 0.371 e. The van der Waals surface area contributed by atoms with Crippen LogP contribution in [0.1, 0.15) is 6.92 Å². The zero-order chi connectivity index (χ0) is 7.56. The molecule has 0 saturated heterocycles. The monoisotopic (exact) mass is 140 g/mol. The molecule has 0 aromatic rings. The number of dihydropyridines is 1. The van der Waals surface area contributed by atoms with E-state index in [4.69, 9.17) is 11.6 Å². The number of hydrogen-bond donors (Lipinski definition) is 4. The van der Waals surface area contributed by atoms with Crippen molar-refractivity contribution in [2.75, 3.05) is 0 Å². The summed E-state index contributed by atoms with van der Waals surface area (Å²) in [6.45, 7) is 1.97. The van der Waals surface area contributed by atoms with Crippen molar-refractivity contribution in [3.8, 4) is 0 Å². The second-order valence-electron chi connectivity index (χ2n) is 2.28. The van der Waals surface area contributed by atoms with Gasteiger partial charge in [0.1, 0.15) is 6.17 Å². The predicted octanol–water partition coefficient (Wildman–Crippen LogP) is -0.875. The van der Waals surface area contributed by atoms with Crippen LogP contribution in [0.2, 0.25) is 0 Å². The maximum atomic E-state index is 5.59. The second kappa shape index (κ2) is 2.72. The Hall–Kier alpha value is -1.00.